The van der Waals surface area contributed by atoms with E-state index in [4.69, 9.17) is 4.74 Å². The first-order chi connectivity index (χ1) is 5.92. The molecule has 2 atom stereocenters. The van der Waals surface area contributed by atoms with E-state index in [1.807, 2.05) is 6.08 Å². The molecule has 2 fully saturated rings. The number of hydrogen-bond acceptors (Lipinski definition) is 2. The quantitative estimate of drug-likeness (QED) is 0.577. The highest BCUT2D eigenvalue weighted by molar-refractivity contribution is 4.91. The highest BCUT2D eigenvalue weighted by Crippen LogP contribution is 2.29. The van der Waals surface area contributed by atoms with Gasteiger partial charge in [0.1, 0.15) is 0 Å². The number of fused-ring (bicyclic) bond motifs is 1. The molecule has 12 heavy (non-hydrogen) atoms. The molecular formula is C10H17NO. The van der Waals surface area contributed by atoms with Crippen molar-refractivity contribution in [2.24, 2.45) is 0 Å². The first-order valence-electron chi connectivity index (χ1n) is 4.88. The highest BCUT2D eigenvalue weighted by atomic mass is 16.5. The van der Waals surface area contributed by atoms with Gasteiger partial charge in [-0.05, 0) is 19.3 Å². The molecule has 2 rings (SSSR count). The van der Waals surface area contributed by atoms with E-state index in [-0.39, 0.29) is 0 Å². The van der Waals surface area contributed by atoms with E-state index in [1.54, 1.807) is 0 Å². The van der Waals surface area contributed by atoms with E-state index in [1.165, 1.54) is 19.3 Å². The number of rotatable bonds is 2. The predicted molar refractivity (Wildman–Crippen MR) is 49.1 cm³/mol. The summed E-state index contributed by atoms with van der Waals surface area (Å²) in [5, 5.41) is 0. The highest BCUT2D eigenvalue weighted by Gasteiger charge is 2.35. The van der Waals surface area contributed by atoms with Gasteiger partial charge >= 0.3 is 0 Å². The second kappa shape index (κ2) is 3.58. The van der Waals surface area contributed by atoms with Gasteiger partial charge in [0.05, 0.1) is 12.7 Å². The number of hydrogen-bond donors (Lipinski definition) is 0. The number of morpholine rings is 1. The lowest BCUT2D eigenvalue weighted by molar-refractivity contribution is -0.0511. The maximum atomic E-state index is 5.70. The van der Waals surface area contributed by atoms with Crippen LogP contribution >= 0.6 is 0 Å². The zero-order valence-corrected chi connectivity index (χ0v) is 7.54. The van der Waals surface area contributed by atoms with Gasteiger partial charge in [-0.15, -0.1) is 6.58 Å². The third-order valence-corrected chi connectivity index (χ3v) is 2.96. The predicted octanol–water partition coefficient (Wildman–Crippen LogP) is 1.43. The fourth-order valence-electron chi connectivity index (χ4n) is 2.40. The third-order valence-electron chi connectivity index (χ3n) is 2.96. The fourth-order valence-corrected chi connectivity index (χ4v) is 2.40. The zero-order valence-electron chi connectivity index (χ0n) is 7.54. The molecule has 0 amide bonds. The van der Waals surface area contributed by atoms with E-state index in [0.717, 1.165) is 19.7 Å². The summed E-state index contributed by atoms with van der Waals surface area (Å²) in [5.74, 6) is 0. The van der Waals surface area contributed by atoms with Crippen LogP contribution in [0.4, 0.5) is 0 Å². The standard InChI is InChI=1S/C10H17NO/c1-2-6-11-7-8-12-10-5-3-4-9(10)11/h2,9-10H,1,3-8H2. The monoisotopic (exact) mass is 167 g/mol. The van der Waals surface area contributed by atoms with Crippen molar-refractivity contribution in [3.8, 4) is 0 Å². The molecule has 1 heterocycles. The molecular weight excluding hydrogens is 150 g/mol. The minimum absolute atomic E-state index is 0.527. The van der Waals surface area contributed by atoms with Gasteiger partial charge in [-0.1, -0.05) is 6.08 Å². The molecule has 0 spiro atoms. The van der Waals surface area contributed by atoms with Crippen LogP contribution in [0.5, 0.6) is 0 Å². The molecule has 0 aromatic heterocycles. The summed E-state index contributed by atoms with van der Waals surface area (Å²) in [7, 11) is 0. The van der Waals surface area contributed by atoms with E-state index in [9.17, 15) is 0 Å². The van der Waals surface area contributed by atoms with E-state index < -0.39 is 0 Å². The molecule has 2 nitrogen and oxygen atoms in total. The SMILES string of the molecule is C=CCN1CCOC2CCCC21. The fraction of sp³-hybridized carbons (Fsp3) is 0.800. The van der Waals surface area contributed by atoms with Crippen LogP contribution in [0.15, 0.2) is 12.7 Å². The van der Waals surface area contributed by atoms with Crippen LogP contribution in [0.3, 0.4) is 0 Å². The van der Waals surface area contributed by atoms with Crippen LogP contribution in [0.25, 0.3) is 0 Å². The van der Waals surface area contributed by atoms with Crippen molar-refractivity contribution < 1.29 is 4.74 Å². The van der Waals surface area contributed by atoms with Gasteiger partial charge in [0.2, 0.25) is 0 Å². The van der Waals surface area contributed by atoms with Crippen molar-refractivity contribution in [2.75, 3.05) is 19.7 Å². The molecule has 1 saturated carbocycles. The van der Waals surface area contributed by atoms with Crippen molar-refractivity contribution in [3.63, 3.8) is 0 Å². The molecule has 68 valence electrons. The Hall–Kier alpha value is -0.340. The molecule has 1 aliphatic carbocycles. The Bertz CT molecular complexity index is 169. The molecule has 0 aromatic rings. The summed E-state index contributed by atoms with van der Waals surface area (Å²) in [6, 6.07) is 0.691. The number of nitrogens with zero attached hydrogens (tertiary/aromatic N) is 1. The lowest BCUT2D eigenvalue weighted by Gasteiger charge is -2.36. The molecule has 0 N–H and O–H groups in total. The summed E-state index contributed by atoms with van der Waals surface area (Å²) in [6.07, 6.45) is 6.44. The van der Waals surface area contributed by atoms with Crippen LogP contribution in [0.1, 0.15) is 19.3 Å². The van der Waals surface area contributed by atoms with Gasteiger partial charge in [-0.25, -0.2) is 0 Å². The van der Waals surface area contributed by atoms with Crippen LogP contribution < -0.4 is 0 Å². The molecule has 2 unspecified atom stereocenters. The molecule has 1 saturated heterocycles. The lowest BCUT2D eigenvalue weighted by Crippen LogP contribution is -2.48. The van der Waals surface area contributed by atoms with Gasteiger partial charge in [-0.2, -0.15) is 0 Å². The minimum atomic E-state index is 0.527. The second-order valence-corrected chi connectivity index (χ2v) is 3.69. The second-order valence-electron chi connectivity index (χ2n) is 3.69. The Kier molecular flexibility index (Phi) is 2.47. The maximum absolute atomic E-state index is 5.70. The summed E-state index contributed by atoms with van der Waals surface area (Å²) < 4.78 is 5.70. The average molecular weight is 167 g/mol. The normalized spacial score (nSPS) is 36.3. The largest absolute Gasteiger partial charge is 0.375 e. The maximum Gasteiger partial charge on any atom is 0.0731 e. The minimum Gasteiger partial charge on any atom is -0.375 e. The molecule has 2 aliphatic rings. The van der Waals surface area contributed by atoms with Crippen molar-refractivity contribution in [2.45, 2.75) is 31.4 Å². The van der Waals surface area contributed by atoms with Gasteiger partial charge in [0.25, 0.3) is 0 Å². The molecule has 1 aliphatic heterocycles. The Morgan fingerprint density at radius 3 is 3.25 bits per heavy atom. The van der Waals surface area contributed by atoms with Gasteiger partial charge in [-0.3, -0.25) is 4.90 Å². The van der Waals surface area contributed by atoms with Gasteiger partial charge < -0.3 is 4.74 Å². The summed E-state index contributed by atoms with van der Waals surface area (Å²) in [4.78, 5) is 2.51. The van der Waals surface area contributed by atoms with Crippen molar-refractivity contribution in [3.05, 3.63) is 12.7 Å². The van der Waals surface area contributed by atoms with Gasteiger partial charge in [0, 0.05) is 19.1 Å². The molecule has 0 bridgehead atoms. The van der Waals surface area contributed by atoms with Crippen molar-refractivity contribution in [1.82, 2.24) is 4.90 Å². The van der Waals surface area contributed by atoms with Crippen molar-refractivity contribution in [1.29, 1.82) is 0 Å². The van der Waals surface area contributed by atoms with E-state index in [2.05, 4.69) is 11.5 Å². The Morgan fingerprint density at radius 2 is 2.42 bits per heavy atom. The number of ether oxygens (including phenoxy) is 1. The van der Waals surface area contributed by atoms with Gasteiger partial charge in [0.15, 0.2) is 0 Å². The third kappa shape index (κ3) is 1.41. The molecule has 2 heteroatoms. The van der Waals surface area contributed by atoms with Crippen LogP contribution in [-0.4, -0.2) is 36.7 Å². The first kappa shape index (κ1) is 8.27. The average Bonchev–Trinajstić information content (AvgIpc) is 2.53. The van der Waals surface area contributed by atoms with Crippen LogP contribution in [0.2, 0.25) is 0 Å². The van der Waals surface area contributed by atoms with E-state index in [0.29, 0.717) is 12.1 Å². The molecule has 0 aromatic carbocycles. The Morgan fingerprint density at radius 1 is 1.50 bits per heavy atom. The summed E-state index contributed by atoms with van der Waals surface area (Å²) >= 11 is 0. The molecule has 0 radical (unpaired) electrons. The summed E-state index contributed by atoms with van der Waals surface area (Å²) in [6.45, 7) is 6.82. The zero-order chi connectivity index (χ0) is 8.39. The van der Waals surface area contributed by atoms with E-state index >= 15 is 0 Å². The first-order valence-corrected chi connectivity index (χ1v) is 4.88. The Balaban J connectivity index is 1.98. The smallest absolute Gasteiger partial charge is 0.0731 e. The lowest BCUT2D eigenvalue weighted by atomic mass is 10.1. The van der Waals surface area contributed by atoms with Crippen LogP contribution in [0, 0.1) is 0 Å². The summed E-state index contributed by atoms with van der Waals surface area (Å²) in [5.41, 5.74) is 0. The van der Waals surface area contributed by atoms with Crippen LogP contribution in [-0.2, 0) is 4.74 Å². The Labute approximate surface area is 74.2 Å². The topological polar surface area (TPSA) is 12.5 Å². The van der Waals surface area contributed by atoms with Crippen molar-refractivity contribution >= 4 is 0 Å².